The van der Waals surface area contributed by atoms with Gasteiger partial charge >= 0.3 is 0 Å². The Bertz CT molecular complexity index is 2290. The van der Waals surface area contributed by atoms with Gasteiger partial charge in [0.25, 0.3) is 0 Å². The van der Waals surface area contributed by atoms with E-state index in [9.17, 15) is 21.6 Å². The molecule has 57 heavy (non-hydrogen) atoms. The van der Waals surface area contributed by atoms with Crippen LogP contribution < -0.4 is 29.1 Å². The van der Waals surface area contributed by atoms with Crippen molar-refractivity contribution in [3.63, 3.8) is 0 Å². The Morgan fingerprint density at radius 3 is 2.39 bits per heavy atom. The van der Waals surface area contributed by atoms with Gasteiger partial charge in [-0.25, -0.2) is 21.4 Å². The van der Waals surface area contributed by atoms with Crippen molar-refractivity contribution in [1.82, 2.24) is 4.90 Å². The minimum Gasteiger partial charge on any atom is -0.492 e. The second kappa shape index (κ2) is 17.2. The van der Waals surface area contributed by atoms with Gasteiger partial charge in [-0.05, 0) is 92.3 Å². The fourth-order valence-electron chi connectivity index (χ4n) is 7.99. The van der Waals surface area contributed by atoms with E-state index >= 15 is 0 Å². The summed E-state index contributed by atoms with van der Waals surface area (Å²) >= 11 is 0. The highest BCUT2D eigenvalue weighted by Gasteiger charge is 2.34. The van der Waals surface area contributed by atoms with Gasteiger partial charge in [0, 0.05) is 67.6 Å². The first-order chi connectivity index (χ1) is 27.3. The minimum atomic E-state index is -3.39. The Balaban J connectivity index is 1.00. The van der Waals surface area contributed by atoms with Crippen LogP contribution in [-0.2, 0) is 37.7 Å². The summed E-state index contributed by atoms with van der Waals surface area (Å²) in [6.45, 7) is 6.98. The predicted octanol–water partition coefficient (Wildman–Crippen LogP) is 5.38. The van der Waals surface area contributed by atoms with Crippen LogP contribution in [0.25, 0.3) is 0 Å². The molecule has 0 fully saturated rings. The average molecular weight is 818 g/mol. The molecule has 0 saturated heterocycles. The van der Waals surface area contributed by atoms with Gasteiger partial charge in [-0.1, -0.05) is 12.1 Å². The molecule has 0 radical (unpaired) electrons. The number of allylic oxidation sites excluding steroid dienone is 2. The summed E-state index contributed by atoms with van der Waals surface area (Å²) in [6, 6.07) is 18.3. The molecule has 3 aliphatic heterocycles. The van der Waals surface area contributed by atoms with E-state index in [1.807, 2.05) is 17.0 Å². The molecule has 7 rings (SSSR count). The van der Waals surface area contributed by atoms with E-state index in [1.54, 1.807) is 36.4 Å². The summed E-state index contributed by atoms with van der Waals surface area (Å²) in [6.07, 6.45) is 12.6. The molecule has 1 unspecified atom stereocenters. The number of nitrogens with zero attached hydrogens (tertiary/aromatic N) is 3. The highest BCUT2D eigenvalue weighted by Crippen LogP contribution is 2.42. The van der Waals surface area contributed by atoms with E-state index in [-0.39, 0.29) is 18.6 Å². The third-order valence-corrected chi connectivity index (χ3v) is 11.9. The van der Waals surface area contributed by atoms with E-state index in [1.165, 1.54) is 29.0 Å². The van der Waals surface area contributed by atoms with Crippen molar-refractivity contribution in [3.05, 3.63) is 95.3 Å². The number of hydrogen-bond donors (Lipinski definition) is 3. The Hall–Kier alpha value is -5.02. The fraction of sp³-hybridized carbons (Fsp3) is 0.429. The van der Waals surface area contributed by atoms with Gasteiger partial charge in [-0.3, -0.25) is 14.2 Å². The second-order valence-corrected chi connectivity index (χ2v) is 18.6. The van der Waals surface area contributed by atoms with Crippen molar-refractivity contribution in [3.8, 4) is 11.5 Å². The number of sulfonamides is 2. The molecule has 0 saturated carbocycles. The number of carbonyl (C=O) groups excluding carboxylic acids is 1. The molecule has 0 spiro atoms. The van der Waals surface area contributed by atoms with Gasteiger partial charge in [0.1, 0.15) is 37.2 Å². The number of rotatable bonds is 16. The lowest BCUT2D eigenvalue weighted by atomic mass is 9.91. The number of nitrogens with one attached hydrogen (secondary N) is 3. The maximum absolute atomic E-state index is 13.8. The topological polar surface area (TPSA) is 149 Å². The monoisotopic (exact) mass is 817 g/mol. The van der Waals surface area contributed by atoms with Gasteiger partial charge < -0.3 is 24.6 Å². The molecule has 1 atom stereocenters. The fourth-order valence-corrected chi connectivity index (χ4v) is 9.11. The quantitative estimate of drug-likeness (QED) is 0.162. The zero-order chi connectivity index (χ0) is 40.2. The number of ether oxygens (including phenoxy) is 2. The predicted molar refractivity (Wildman–Crippen MR) is 226 cm³/mol. The molecule has 15 heteroatoms. The van der Waals surface area contributed by atoms with Crippen molar-refractivity contribution in [2.45, 2.75) is 57.9 Å². The van der Waals surface area contributed by atoms with Crippen LogP contribution in [0.5, 0.6) is 11.5 Å². The summed E-state index contributed by atoms with van der Waals surface area (Å²) in [5.41, 5.74) is 8.08. The van der Waals surface area contributed by atoms with Crippen LogP contribution in [0.15, 0.2) is 84.1 Å². The molecular formula is C42H53N6O7S2+. The van der Waals surface area contributed by atoms with E-state index in [2.05, 4.69) is 55.4 Å². The van der Waals surface area contributed by atoms with Gasteiger partial charge in [-0.15, -0.1) is 0 Å². The van der Waals surface area contributed by atoms with E-state index in [4.69, 9.17) is 9.47 Å². The van der Waals surface area contributed by atoms with Crippen molar-refractivity contribution < 1.29 is 35.7 Å². The summed E-state index contributed by atoms with van der Waals surface area (Å²) in [7, 11) is -6.78. The Morgan fingerprint density at radius 2 is 1.68 bits per heavy atom. The maximum atomic E-state index is 13.8. The first-order valence-electron chi connectivity index (χ1n) is 19.8. The first-order valence-corrected chi connectivity index (χ1v) is 23.5. The SMILES string of the molecule is CCN1CCCc2cc3c(cc21)OC1=CC2=[N+](CCCC(=O)N(CCOc4ccc(NS(C)(=O)=O)cc4)CCc4ccc(NS(C)(=O)=O)cc4)CCCC2=CC1N3. The van der Waals surface area contributed by atoms with Crippen LogP contribution in [0.3, 0.4) is 0 Å². The molecule has 3 aromatic rings. The molecule has 3 aromatic carbocycles. The summed E-state index contributed by atoms with van der Waals surface area (Å²) in [5.74, 6) is 2.36. The van der Waals surface area contributed by atoms with Crippen LogP contribution in [0.2, 0.25) is 0 Å². The highest BCUT2D eigenvalue weighted by molar-refractivity contribution is 7.92. The number of amides is 1. The zero-order valence-corrected chi connectivity index (χ0v) is 34.6. The molecule has 0 aromatic heterocycles. The van der Waals surface area contributed by atoms with Crippen molar-refractivity contribution in [2.75, 3.05) is 78.0 Å². The third-order valence-electron chi connectivity index (χ3n) is 10.7. The normalized spacial score (nSPS) is 17.4. The minimum absolute atomic E-state index is 0.00767. The van der Waals surface area contributed by atoms with Crippen LogP contribution in [0.1, 0.15) is 50.2 Å². The van der Waals surface area contributed by atoms with Crippen molar-refractivity contribution >= 4 is 54.4 Å². The first kappa shape index (κ1) is 40.2. The number of anilines is 4. The lowest BCUT2D eigenvalue weighted by molar-refractivity contribution is -0.530. The van der Waals surface area contributed by atoms with Crippen LogP contribution in [0, 0.1) is 0 Å². The largest absolute Gasteiger partial charge is 0.492 e. The van der Waals surface area contributed by atoms with Crippen LogP contribution in [0.4, 0.5) is 22.7 Å². The summed E-state index contributed by atoms with van der Waals surface area (Å²) in [4.78, 5) is 18.1. The molecule has 1 amide bonds. The highest BCUT2D eigenvalue weighted by atomic mass is 32.2. The van der Waals surface area contributed by atoms with E-state index in [0.29, 0.717) is 49.5 Å². The van der Waals surface area contributed by atoms with Gasteiger partial charge in [0.2, 0.25) is 31.7 Å². The zero-order valence-electron chi connectivity index (χ0n) is 32.9. The molecule has 4 aliphatic rings. The molecule has 304 valence electrons. The standard InChI is InChI=1S/C42H53N6O7S2/c1-4-46-20-5-8-31-26-36-40(28-38(31)46)55-41-29-39-32(27-37(41)43-36)9-6-21-47(39)22-7-10-42(49)48(23-19-30-11-13-33(14-12-30)44-56(2,50)51)24-25-54-35-17-15-34(16-18-35)45-57(3,52)53/h11-18,26-29,37,43-45H,4-10,19-25H2,1-3H3/q+1. The Kier molecular flexibility index (Phi) is 12.1. The summed E-state index contributed by atoms with van der Waals surface area (Å²) < 4.78 is 66.3. The number of aryl methyl sites for hydroxylation is 1. The lowest BCUT2D eigenvalue weighted by Crippen LogP contribution is -2.38. The van der Waals surface area contributed by atoms with Crippen LogP contribution >= 0.6 is 0 Å². The molecule has 1 aliphatic carbocycles. The lowest BCUT2D eigenvalue weighted by Gasteiger charge is -2.35. The molecule has 0 bridgehead atoms. The molecule has 3 N–H and O–H groups in total. The van der Waals surface area contributed by atoms with Crippen molar-refractivity contribution in [2.24, 2.45) is 0 Å². The molecule has 3 heterocycles. The van der Waals surface area contributed by atoms with Gasteiger partial charge in [0.15, 0.2) is 5.75 Å². The van der Waals surface area contributed by atoms with E-state index < -0.39 is 20.0 Å². The van der Waals surface area contributed by atoms with Gasteiger partial charge in [-0.2, -0.15) is 0 Å². The van der Waals surface area contributed by atoms with E-state index in [0.717, 1.165) is 80.7 Å². The number of benzene rings is 3. The number of fused-ring (bicyclic) bond motifs is 4. The molecule has 13 nitrogen and oxygen atoms in total. The number of hydrogen-bond acceptors (Lipinski definition) is 9. The Morgan fingerprint density at radius 1 is 0.965 bits per heavy atom. The van der Waals surface area contributed by atoms with Crippen LogP contribution in [-0.4, -0.2) is 102 Å². The van der Waals surface area contributed by atoms with Crippen molar-refractivity contribution in [1.29, 1.82) is 0 Å². The third kappa shape index (κ3) is 10.5. The molecular weight excluding hydrogens is 765 g/mol. The Labute approximate surface area is 336 Å². The smallest absolute Gasteiger partial charge is 0.229 e. The maximum Gasteiger partial charge on any atom is 0.229 e. The average Bonchev–Trinajstić information content (AvgIpc) is 3.16. The second-order valence-electron chi connectivity index (χ2n) is 15.2. The summed E-state index contributed by atoms with van der Waals surface area (Å²) in [5, 5.41) is 3.74. The number of carbonyl (C=O) groups is 1. The van der Waals surface area contributed by atoms with Gasteiger partial charge in [0.05, 0.1) is 30.8 Å².